The Kier molecular flexibility index (Phi) is 5.21. The van der Waals surface area contributed by atoms with Crippen molar-refractivity contribution >= 4 is 28.3 Å². The zero-order valence-corrected chi connectivity index (χ0v) is 19.0. The van der Waals surface area contributed by atoms with Crippen molar-refractivity contribution in [1.82, 2.24) is 0 Å². The Labute approximate surface area is 196 Å². The van der Waals surface area contributed by atoms with Gasteiger partial charge in [0.2, 0.25) is 5.78 Å². The van der Waals surface area contributed by atoms with Crippen molar-refractivity contribution in [3.05, 3.63) is 107 Å². The number of nitrogens with zero attached hydrogens (tertiary/aromatic N) is 1. The summed E-state index contributed by atoms with van der Waals surface area (Å²) in [5, 5.41) is 11.7. The van der Waals surface area contributed by atoms with Gasteiger partial charge in [0.15, 0.2) is 22.9 Å². The van der Waals surface area contributed by atoms with Crippen molar-refractivity contribution in [2.24, 2.45) is 0 Å². The molecule has 5 rings (SSSR count). The predicted molar refractivity (Wildman–Crippen MR) is 129 cm³/mol. The number of carbonyl (C=O) groups excluding carboxylic acids is 2. The van der Waals surface area contributed by atoms with Gasteiger partial charge in [0, 0.05) is 11.1 Å². The van der Waals surface area contributed by atoms with Crippen molar-refractivity contribution < 1.29 is 23.8 Å². The van der Waals surface area contributed by atoms with E-state index in [9.17, 15) is 14.7 Å². The number of para-hydroxylation sites is 1. The number of aliphatic hydroxyl groups is 1. The largest absolute Gasteiger partial charge is 0.503 e. The lowest BCUT2D eigenvalue weighted by molar-refractivity contribution is -0.117. The molecule has 1 atom stereocenters. The van der Waals surface area contributed by atoms with E-state index in [4.69, 9.17) is 9.15 Å². The van der Waals surface area contributed by atoms with Crippen LogP contribution in [0.2, 0.25) is 0 Å². The molecular formula is C28H23NO5. The third-order valence-corrected chi connectivity index (χ3v) is 6.20. The Morgan fingerprint density at radius 1 is 1.00 bits per heavy atom. The molecule has 1 N–H and O–H groups in total. The van der Waals surface area contributed by atoms with Crippen LogP contribution in [-0.2, 0) is 4.79 Å². The number of anilines is 1. The number of carbonyl (C=O) groups is 2. The average Bonchev–Trinajstić information content (AvgIpc) is 3.39. The first-order valence-electron chi connectivity index (χ1n) is 10.9. The molecule has 1 aliphatic heterocycles. The minimum atomic E-state index is -0.806. The van der Waals surface area contributed by atoms with E-state index in [0.29, 0.717) is 22.4 Å². The quantitative estimate of drug-likeness (QED) is 0.384. The molecule has 1 unspecified atom stereocenters. The number of hydrogen-bond donors (Lipinski definition) is 1. The number of amides is 1. The van der Waals surface area contributed by atoms with Crippen LogP contribution in [0, 0.1) is 13.8 Å². The number of fused-ring (bicyclic) bond motifs is 1. The van der Waals surface area contributed by atoms with E-state index in [1.165, 1.54) is 12.0 Å². The number of benzene rings is 3. The number of Topliss-reactive ketones (excluding diaryl/α,β-unsaturated/α-hetero) is 1. The summed E-state index contributed by atoms with van der Waals surface area (Å²) in [4.78, 5) is 28.6. The zero-order valence-electron chi connectivity index (χ0n) is 19.0. The first-order chi connectivity index (χ1) is 16.4. The van der Waals surface area contributed by atoms with Gasteiger partial charge < -0.3 is 14.3 Å². The lowest BCUT2D eigenvalue weighted by Crippen LogP contribution is -2.31. The molecule has 2 heterocycles. The van der Waals surface area contributed by atoms with Crippen LogP contribution in [0.4, 0.5) is 5.69 Å². The number of ketones is 1. The summed E-state index contributed by atoms with van der Waals surface area (Å²) in [5.74, 6) is -1.24. The second kappa shape index (κ2) is 8.23. The molecule has 6 nitrogen and oxygen atoms in total. The summed E-state index contributed by atoms with van der Waals surface area (Å²) < 4.78 is 11.2. The molecule has 0 bridgehead atoms. The maximum absolute atomic E-state index is 13.8. The summed E-state index contributed by atoms with van der Waals surface area (Å²) >= 11 is 0. The first kappa shape index (κ1) is 21.5. The third-order valence-electron chi connectivity index (χ3n) is 6.20. The Balaban J connectivity index is 1.68. The Morgan fingerprint density at radius 2 is 1.74 bits per heavy atom. The molecule has 1 aromatic heterocycles. The van der Waals surface area contributed by atoms with E-state index in [2.05, 4.69) is 0 Å². The van der Waals surface area contributed by atoms with Crippen molar-refractivity contribution in [3.63, 3.8) is 0 Å². The molecule has 6 heteroatoms. The van der Waals surface area contributed by atoms with Crippen LogP contribution < -0.4 is 9.64 Å². The zero-order chi connectivity index (χ0) is 24.0. The number of furan rings is 1. The van der Waals surface area contributed by atoms with Gasteiger partial charge in [0.25, 0.3) is 5.91 Å². The molecule has 34 heavy (non-hydrogen) atoms. The monoisotopic (exact) mass is 453 g/mol. The summed E-state index contributed by atoms with van der Waals surface area (Å²) in [6.45, 7) is 3.87. The SMILES string of the molecule is COc1cccc2cc(C(=O)C3=C(O)C(=O)N(c4ccc(C)cc4)C3c3ccccc3C)oc12. The number of methoxy groups -OCH3 is 1. The van der Waals surface area contributed by atoms with Gasteiger partial charge >= 0.3 is 0 Å². The van der Waals surface area contributed by atoms with Crippen molar-refractivity contribution in [2.75, 3.05) is 12.0 Å². The minimum absolute atomic E-state index is 0.0158. The molecule has 0 radical (unpaired) electrons. The molecule has 3 aromatic carbocycles. The molecule has 4 aromatic rings. The van der Waals surface area contributed by atoms with E-state index >= 15 is 0 Å². The second-order valence-corrected chi connectivity index (χ2v) is 8.35. The van der Waals surface area contributed by atoms with Crippen LogP contribution in [0.25, 0.3) is 11.0 Å². The van der Waals surface area contributed by atoms with Gasteiger partial charge in [-0.15, -0.1) is 0 Å². The Morgan fingerprint density at radius 3 is 2.44 bits per heavy atom. The number of aliphatic hydroxyl groups excluding tert-OH is 1. The topological polar surface area (TPSA) is 80.0 Å². The van der Waals surface area contributed by atoms with Crippen molar-refractivity contribution in [3.8, 4) is 5.75 Å². The van der Waals surface area contributed by atoms with Crippen LogP contribution in [-0.4, -0.2) is 23.9 Å². The van der Waals surface area contributed by atoms with Crippen LogP contribution in [0.3, 0.4) is 0 Å². The van der Waals surface area contributed by atoms with Crippen LogP contribution >= 0.6 is 0 Å². The summed E-state index contributed by atoms with van der Waals surface area (Å²) in [6.07, 6.45) is 0. The van der Waals surface area contributed by atoms with Crippen LogP contribution in [0.15, 0.2) is 88.5 Å². The fourth-order valence-electron chi connectivity index (χ4n) is 4.44. The Bertz CT molecular complexity index is 1460. The van der Waals surface area contributed by atoms with Gasteiger partial charge in [0.05, 0.1) is 18.7 Å². The Hall–Kier alpha value is -4.32. The molecule has 1 aliphatic rings. The number of rotatable bonds is 5. The fraction of sp³-hybridized carbons (Fsp3) is 0.143. The normalized spacial score (nSPS) is 15.9. The maximum atomic E-state index is 13.8. The highest BCUT2D eigenvalue weighted by Gasteiger charge is 2.45. The molecular weight excluding hydrogens is 430 g/mol. The lowest BCUT2D eigenvalue weighted by atomic mass is 9.92. The molecule has 0 aliphatic carbocycles. The van der Waals surface area contributed by atoms with E-state index in [1.807, 2.05) is 68.4 Å². The highest BCUT2D eigenvalue weighted by atomic mass is 16.5. The highest BCUT2D eigenvalue weighted by Crippen LogP contribution is 2.43. The molecule has 170 valence electrons. The van der Waals surface area contributed by atoms with E-state index in [0.717, 1.165) is 16.7 Å². The van der Waals surface area contributed by atoms with E-state index in [1.54, 1.807) is 18.2 Å². The summed E-state index contributed by atoms with van der Waals surface area (Å²) in [7, 11) is 1.52. The predicted octanol–water partition coefficient (Wildman–Crippen LogP) is 5.84. The van der Waals surface area contributed by atoms with Crippen molar-refractivity contribution in [1.29, 1.82) is 0 Å². The number of aryl methyl sites for hydroxylation is 2. The van der Waals surface area contributed by atoms with Gasteiger partial charge in [0.1, 0.15) is 0 Å². The molecule has 0 saturated heterocycles. The van der Waals surface area contributed by atoms with Crippen LogP contribution in [0.5, 0.6) is 5.75 Å². The second-order valence-electron chi connectivity index (χ2n) is 8.35. The fourth-order valence-corrected chi connectivity index (χ4v) is 4.44. The van der Waals surface area contributed by atoms with Gasteiger partial charge in [-0.25, -0.2) is 0 Å². The van der Waals surface area contributed by atoms with Crippen molar-refractivity contribution in [2.45, 2.75) is 19.9 Å². The van der Waals surface area contributed by atoms with Gasteiger partial charge in [-0.05, 0) is 49.2 Å². The standard InChI is InChI=1S/C28H23NO5/c1-16-11-13-19(14-12-16)29-24(20-9-5-4-7-17(20)2)23(26(31)28(29)32)25(30)22-15-18-8-6-10-21(33-3)27(18)34-22/h4-15,24,31H,1-3H3. The highest BCUT2D eigenvalue weighted by molar-refractivity contribution is 6.20. The summed E-state index contributed by atoms with van der Waals surface area (Å²) in [5.41, 5.74) is 3.68. The average molecular weight is 453 g/mol. The number of hydrogen-bond acceptors (Lipinski definition) is 5. The first-order valence-corrected chi connectivity index (χ1v) is 10.9. The van der Waals surface area contributed by atoms with Crippen LogP contribution in [0.1, 0.15) is 33.3 Å². The van der Waals surface area contributed by atoms with Gasteiger partial charge in [-0.2, -0.15) is 0 Å². The summed E-state index contributed by atoms with van der Waals surface area (Å²) in [6, 6.07) is 21.1. The number of ether oxygens (including phenoxy) is 1. The molecule has 0 fully saturated rings. The van der Waals surface area contributed by atoms with E-state index < -0.39 is 23.5 Å². The minimum Gasteiger partial charge on any atom is -0.503 e. The molecule has 0 saturated carbocycles. The van der Waals surface area contributed by atoms with E-state index in [-0.39, 0.29) is 11.3 Å². The third kappa shape index (κ3) is 3.35. The van der Waals surface area contributed by atoms with Gasteiger partial charge in [-0.3, -0.25) is 14.5 Å². The van der Waals surface area contributed by atoms with Gasteiger partial charge in [-0.1, -0.05) is 54.1 Å². The maximum Gasteiger partial charge on any atom is 0.294 e. The molecule has 1 amide bonds. The molecule has 0 spiro atoms. The lowest BCUT2D eigenvalue weighted by Gasteiger charge is -2.28. The smallest absolute Gasteiger partial charge is 0.294 e.